The van der Waals surface area contributed by atoms with Gasteiger partial charge in [0.25, 0.3) is 5.91 Å². The van der Waals surface area contributed by atoms with Crippen LogP contribution in [0.3, 0.4) is 0 Å². The summed E-state index contributed by atoms with van der Waals surface area (Å²) in [5.41, 5.74) is -0.307. The Balaban J connectivity index is 2.24. The molecular formula is C12H14N4O2. The second-order valence-corrected chi connectivity index (χ2v) is 3.89. The maximum Gasteiger partial charge on any atom is 0.263 e. The van der Waals surface area contributed by atoms with Gasteiger partial charge in [0.05, 0.1) is 0 Å². The number of nitrogens with one attached hydrogen (secondary N) is 2. The molecule has 2 rings (SSSR count). The van der Waals surface area contributed by atoms with Crippen molar-refractivity contribution in [2.45, 2.75) is 12.5 Å². The second-order valence-electron chi connectivity index (χ2n) is 3.89. The van der Waals surface area contributed by atoms with E-state index in [2.05, 4.69) is 20.5 Å². The van der Waals surface area contributed by atoms with E-state index in [1.54, 1.807) is 6.92 Å². The number of carbonyl (C=O) groups excluding carboxylic acids is 1. The Morgan fingerprint density at radius 3 is 2.67 bits per heavy atom. The molecule has 0 aliphatic carbocycles. The monoisotopic (exact) mass is 246 g/mol. The number of carbonyl (C=O) groups is 1. The van der Waals surface area contributed by atoms with Gasteiger partial charge in [-0.15, -0.1) is 0 Å². The van der Waals surface area contributed by atoms with Crippen molar-refractivity contribution in [3.8, 4) is 0 Å². The van der Waals surface area contributed by atoms with Crippen LogP contribution >= 0.6 is 0 Å². The first-order chi connectivity index (χ1) is 8.66. The van der Waals surface area contributed by atoms with Gasteiger partial charge in [0, 0.05) is 7.11 Å². The molecule has 6 heteroatoms. The van der Waals surface area contributed by atoms with Crippen LogP contribution in [0.4, 0.5) is 5.95 Å². The number of H-pyrrole nitrogens is 1. The van der Waals surface area contributed by atoms with E-state index in [1.807, 2.05) is 30.3 Å². The number of aromatic amines is 1. The summed E-state index contributed by atoms with van der Waals surface area (Å²) in [5, 5.41) is 8.85. The van der Waals surface area contributed by atoms with E-state index in [0.717, 1.165) is 5.56 Å². The zero-order chi connectivity index (χ0) is 13.0. The summed E-state index contributed by atoms with van der Waals surface area (Å²) < 4.78 is 5.36. The van der Waals surface area contributed by atoms with Gasteiger partial charge in [-0.2, -0.15) is 10.1 Å². The summed E-state index contributed by atoms with van der Waals surface area (Å²) in [5.74, 6) is -0.0212. The molecule has 0 fully saturated rings. The molecule has 0 aliphatic heterocycles. The SMILES string of the molecule is CO[C@](C)(C(=O)Nc1ncn[nH]1)c1ccccc1. The van der Waals surface area contributed by atoms with Gasteiger partial charge in [0.1, 0.15) is 6.33 Å². The first kappa shape index (κ1) is 12.3. The van der Waals surface area contributed by atoms with E-state index in [4.69, 9.17) is 4.74 Å². The summed E-state index contributed by atoms with van der Waals surface area (Å²) in [6.45, 7) is 1.70. The molecule has 0 saturated heterocycles. The van der Waals surface area contributed by atoms with Gasteiger partial charge in [0.15, 0.2) is 5.60 Å². The number of anilines is 1. The molecular weight excluding hydrogens is 232 g/mol. The van der Waals surface area contributed by atoms with Gasteiger partial charge in [-0.3, -0.25) is 10.1 Å². The van der Waals surface area contributed by atoms with Gasteiger partial charge in [-0.25, -0.2) is 5.10 Å². The van der Waals surface area contributed by atoms with Crippen LogP contribution in [-0.2, 0) is 15.1 Å². The van der Waals surface area contributed by atoms with Gasteiger partial charge in [-0.05, 0) is 12.5 Å². The normalized spacial score (nSPS) is 13.9. The van der Waals surface area contributed by atoms with E-state index in [-0.39, 0.29) is 5.91 Å². The van der Waals surface area contributed by atoms with Crippen LogP contribution in [0.15, 0.2) is 36.7 Å². The molecule has 1 heterocycles. The predicted octanol–water partition coefficient (Wildman–Crippen LogP) is 1.30. The summed E-state index contributed by atoms with van der Waals surface area (Å²) in [4.78, 5) is 16.1. The number of rotatable bonds is 4. The second kappa shape index (κ2) is 4.97. The molecule has 6 nitrogen and oxygen atoms in total. The molecule has 1 aromatic carbocycles. The maximum absolute atomic E-state index is 12.2. The summed E-state index contributed by atoms with van der Waals surface area (Å²) in [7, 11) is 1.49. The Kier molecular flexibility index (Phi) is 3.38. The minimum absolute atomic E-state index is 0.291. The Bertz CT molecular complexity index is 512. The van der Waals surface area contributed by atoms with Crippen LogP contribution in [0.5, 0.6) is 0 Å². The van der Waals surface area contributed by atoms with Crippen molar-refractivity contribution >= 4 is 11.9 Å². The zero-order valence-corrected chi connectivity index (χ0v) is 10.2. The van der Waals surface area contributed by atoms with Crippen LogP contribution in [0, 0.1) is 0 Å². The minimum atomic E-state index is -1.08. The largest absolute Gasteiger partial charge is 0.364 e. The van der Waals surface area contributed by atoms with Crippen LogP contribution in [0.2, 0.25) is 0 Å². The predicted molar refractivity (Wildman–Crippen MR) is 65.8 cm³/mol. The first-order valence-electron chi connectivity index (χ1n) is 5.44. The average Bonchev–Trinajstić information content (AvgIpc) is 2.91. The fourth-order valence-electron chi connectivity index (χ4n) is 1.59. The third kappa shape index (κ3) is 2.23. The summed E-state index contributed by atoms with van der Waals surface area (Å²) >= 11 is 0. The number of benzene rings is 1. The highest BCUT2D eigenvalue weighted by Crippen LogP contribution is 2.25. The topological polar surface area (TPSA) is 79.9 Å². The molecule has 2 aromatic rings. The Labute approximate surface area is 104 Å². The highest BCUT2D eigenvalue weighted by Gasteiger charge is 2.35. The molecule has 0 spiro atoms. The fourth-order valence-corrected chi connectivity index (χ4v) is 1.59. The van der Waals surface area contributed by atoms with Crippen molar-refractivity contribution in [1.82, 2.24) is 15.2 Å². The van der Waals surface area contributed by atoms with E-state index < -0.39 is 5.60 Å². The number of amides is 1. The number of nitrogens with zero attached hydrogens (tertiary/aromatic N) is 2. The standard InChI is InChI=1S/C12H14N4O2/c1-12(18-2,9-6-4-3-5-7-9)10(17)15-11-13-8-14-16-11/h3-8H,1-2H3,(H2,13,14,15,16,17)/t12-/m0/s1. The van der Waals surface area contributed by atoms with E-state index >= 15 is 0 Å². The number of hydrogen-bond donors (Lipinski definition) is 2. The summed E-state index contributed by atoms with van der Waals surface area (Å²) in [6, 6.07) is 9.27. The van der Waals surface area contributed by atoms with Crippen molar-refractivity contribution in [1.29, 1.82) is 0 Å². The molecule has 0 radical (unpaired) electrons. The van der Waals surface area contributed by atoms with Crippen molar-refractivity contribution in [2.24, 2.45) is 0 Å². The highest BCUT2D eigenvalue weighted by molar-refractivity contribution is 5.96. The third-order valence-electron chi connectivity index (χ3n) is 2.81. The molecule has 0 aliphatic rings. The lowest BCUT2D eigenvalue weighted by Crippen LogP contribution is -2.39. The molecule has 94 valence electrons. The average molecular weight is 246 g/mol. The van der Waals surface area contributed by atoms with E-state index in [9.17, 15) is 4.79 Å². The molecule has 2 N–H and O–H groups in total. The van der Waals surface area contributed by atoms with Crippen LogP contribution in [0.1, 0.15) is 12.5 Å². The van der Waals surface area contributed by atoms with Crippen LogP contribution in [-0.4, -0.2) is 28.2 Å². The minimum Gasteiger partial charge on any atom is -0.364 e. The van der Waals surface area contributed by atoms with Gasteiger partial charge >= 0.3 is 0 Å². The number of aromatic nitrogens is 3. The Morgan fingerprint density at radius 2 is 2.11 bits per heavy atom. The number of ether oxygens (including phenoxy) is 1. The van der Waals surface area contributed by atoms with Crippen molar-refractivity contribution in [3.05, 3.63) is 42.2 Å². The molecule has 1 amide bonds. The lowest BCUT2D eigenvalue weighted by atomic mass is 9.95. The fraction of sp³-hybridized carbons (Fsp3) is 0.250. The van der Waals surface area contributed by atoms with Crippen LogP contribution in [0.25, 0.3) is 0 Å². The Morgan fingerprint density at radius 1 is 1.39 bits per heavy atom. The van der Waals surface area contributed by atoms with E-state index in [0.29, 0.717) is 5.95 Å². The maximum atomic E-state index is 12.2. The van der Waals surface area contributed by atoms with Gasteiger partial charge in [-0.1, -0.05) is 30.3 Å². The van der Waals surface area contributed by atoms with Crippen molar-refractivity contribution in [3.63, 3.8) is 0 Å². The zero-order valence-electron chi connectivity index (χ0n) is 10.2. The van der Waals surface area contributed by atoms with Crippen LogP contribution < -0.4 is 5.32 Å². The quantitative estimate of drug-likeness (QED) is 0.852. The lowest BCUT2D eigenvalue weighted by molar-refractivity contribution is -0.136. The molecule has 1 atom stereocenters. The Hall–Kier alpha value is -2.21. The smallest absolute Gasteiger partial charge is 0.263 e. The number of hydrogen-bond acceptors (Lipinski definition) is 4. The molecule has 0 bridgehead atoms. The summed E-state index contributed by atoms with van der Waals surface area (Å²) in [6.07, 6.45) is 1.32. The first-order valence-corrected chi connectivity index (χ1v) is 5.44. The van der Waals surface area contributed by atoms with Gasteiger partial charge < -0.3 is 4.74 Å². The van der Waals surface area contributed by atoms with Crippen molar-refractivity contribution in [2.75, 3.05) is 12.4 Å². The third-order valence-corrected chi connectivity index (χ3v) is 2.81. The molecule has 0 saturated carbocycles. The lowest BCUT2D eigenvalue weighted by Gasteiger charge is -2.26. The molecule has 18 heavy (non-hydrogen) atoms. The highest BCUT2D eigenvalue weighted by atomic mass is 16.5. The van der Waals surface area contributed by atoms with E-state index in [1.165, 1.54) is 13.4 Å². The van der Waals surface area contributed by atoms with Crippen molar-refractivity contribution < 1.29 is 9.53 Å². The van der Waals surface area contributed by atoms with Gasteiger partial charge in [0.2, 0.25) is 5.95 Å². The molecule has 0 unspecified atom stereocenters. The number of methoxy groups -OCH3 is 1. The molecule has 1 aromatic heterocycles.